The molecule has 26 heavy (non-hydrogen) atoms. The van der Waals surface area contributed by atoms with Crippen LogP contribution in [0.25, 0.3) is 16.5 Å². The Labute approximate surface area is 148 Å². The second-order valence-electron chi connectivity index (χ2n) is 6.17. The van der Waals surface area contributed by atoms with E-state index in [4.69, 9.17) is 0 Å². The lowest BCUT2D eigenvalue weighted by molar-refractivity contribution is 0.588. The van der Waals surface area contributed by atoms with E-state index in [1.54, 1.807) is 16.8 Å². The fourth-order valence-electron chi connectivity index (χ4n) is 3.38. The molecule has 1 aliphatic heterocycles. The number of anilines is 1. The molecule has 6 heteroatoms. The minimum atomic E-state index is -0.263. The highest BCUT2D eigenvalue weighted by Gasteiger charge is 2.25. The smallest absolute Gasteiger partial charge is 0.248 e. The van der Waals surface area contributed by atoms with Gasteiger partial charge in [-0.2, -0.15) is 4.68 Å². The summed E-state index contributed by atoms with van der Waals surface area (Å²) in [6.07, 6.45) is 2.07. The molecule has 1 unspecified atom stereocenters. The number of rotatable bonds is 2. The Morgan fingerprint density at radius 3 is 2.62 bits per heavy atom. The Hall–Kier alpha value is -3.54. The van der Waals surface area contributed by atoms with Crippen molar-refractivity contribution < 1.29 is 4.39 Å². The van der Waals surface area contributed by atoms with Crippen molar-refractivity contribution in [1.82, 2.24) is 20.2 Å². The number of hydrogen-bond donors (Lipinski definition) is 1. The third-order valence-corrected chi connectivity index (χ3v) is 4.62. The highest BCUT2D eigenvalue weighted by molar-refractivity contribution is 5.87. The van der Waals surface area contributed by atoms with Crippen molar-refractivity contribution in [2.45, 2.75) is 6.04 Å². The summed E-state index contributed by atoms with van der Waals surface area (Å²) in [6, 6.07) is 20.7. The molecule has 1 aromatic heterocycles. The summed E-state index contributed by atoms with van der Waals surface area (Å²) in [5.41, 5.74) is 2.84. The molecule has 0 radical (unpaired) electrons. The number of benzene rings is 3. The van der Waals surface area contributed by atoms with Gasteiger partial charge in [0.2, 0.25) is 5.95 Å². The molecule has 0 spiro atoms. The summed E-state index contributed by atoms with van der Waals surface area (Å²) in [5.74, 6) is 0.297. The Morgan fingerprint density at radius 2 is 1.73 bits per heavy atom. The van der Waals surface area contributed by atoms with Crippen LogP contribution in [-0.2, 0) is 0 Å². The Morgan fingerprint density at radius 1 is 0.923 bits per heavy atom. The molecule has 4 aromatic rings. The van der Waals surface area contributed by atoms with Crippen LogP contribution in [0.15, 0.2) is 72.8 Å². The van der Waals surface area contributed by atoms with Gasteiger partial charge in [0.1, 0.15) is 11.9 Å². The van der Waals surface area contributed by atoms with E-state index in [2.05, 4.69) is 51.2 Å². The maximum atomic E-state index is 13.3. The molecule has 0 saturated carbocycles. The summed E-state index contributed by atoms with van der Waals surface area (Å²) < 4.78 is 15.0. The van der Waals surface area contributed by atoms with Gasteiger partial charge < -0.3 is 5.32 Å². The summed E-state index contributed by atoms with van der Waals surface area (Å²) in [6.45, 7) is 0. The lowest BCUT2D eigenvalue weighted by Crippen LogP contribution is -2.20. The molecule has 3 aromatic carbocycles. The minimum Gasteiger partial charge on any atom is -0.323 e. The summed E-state index contributed by atoms with van der Waals surface area (Å²) in [5, 5.41) is 17.6. The van der Waals surface area contributed by atoms with Crippen LogP contribution in [0.1, 0.15) is 17.2 Å². The first-order valence-electron chi connectivity index (χ1n) is 8.30. The largest absolute Gasteiger partial charge is 0.323 e. The molecule has 0 bridgehead atoms. The quantitative estimate of drug-likeness (QED) is 0.597. The van der Waals surface area contributed by atoms with E-state index in [1.165, 1.54) is 12.1 Å². The van der Waals surface area contributed by atoms with Crippen molar-refractivity contribution in [2.75, 3.05) is 5.32 Å². The maximum absolute atomic E-state index is 13.3. The van der Waals surface area contributed by atoms with E-state index in [1.807, 2.05) is 18.2 Å². The molecule has 1 N–H and O–H groups in total. The zero-order chi connectivity index (χ0) is 17.5. The molecular weight excluding hydrogens is 329 g/mol. The molecule has 126 valence electrons. The monoisotopic (exact) mass is 343 g/mol. The second kappa shape index (κ2) is 5.77. The van der Waals surface area contributed by atoms with Gasteiger partial charge in [-0.05, 0) is 62.7 Å². The maximum Gasteiger partial charge on any atom is 0.248 e. The second-order valence-corrected chi connectivity index (χ2v) is 6.17. The predicted octanol–water partition coefficient (Wildman–Crippen LogP) is 4.02. The molecule has 1 atom stereocenters. The van der Waals surface area contributed by atoms with E-state index in [0.29, 0.717) is 5.95 Å². The van der Waals surface area contributed by atoms with Gasteiger partial charge in [0, 0.05) is 5.70 Å². The molecule has 1 aliphatic rings. The van der Waals surface area contributed by atoms with Crippen LogP contribution in [0, 0.1) is 5.82 Å². The minimum absolute atomic E-state index is 0.160. The number of fused-ring (bicyclic) bond motifs is 2. The lowest BCUT2D eigenvalue weighted by atomic mass is 9.96. The summed E-state index contributed by atoms with van der Waals surface area (Å²) >= 11 is 0. The van der Waals surface area contributed by atoms with Gasteiger partial charge in [-0.25, -0.2) is 4.39 Å². The molecule has 5 nitrogen and oxygen atoms in total. The number of aromatic nitrogens is 4. The van der Waals surface area contributed by atoms with Gasteiger partial charge in [0.05, 0.1) is 0 Å². The molecule has 0 fully saturated rings. The molecule has 5 rings (SSSR count). The van der Waals surface area contributed by atoms with Gasteiger partial charge in [-0.1, -0.05) is 47.6 Å². The molecule has 0 aliphatic carbocycles. The number of nitrogens with zero attached hydrogens (tertiary/aromatic N) is 4. The van der Waals surface area contributed by atoms with Crippen LogP contribution >= 0.6 is 0 Å². The molecular formula is C20H14FN5. The zero-order valence-electron chi connectivity index (χ0n) is 13.7. The average molecular weight is 343 g/mol. The first-order chi connectivity index (χ1) is 12.8. The van der Waals surface area contributed by atoms with E-state index < -0.39 is 0 Å². The van der Waals surface area contributed by atoms with Crippen LogP contribution in [0.3, 0.4) is 0 Å². The summed E-state index contributed by atoms with van der Waals surface area (Å²) in [4.78, 5) is 0. The number of allylic oxidation sites excluding steroid dienone is 1. The standard InChI is InChI=1S/C20H14FN5/c21-15-10-8-14(9-11-15)18-12-19(26-20(22-18)23-24-25-26)17-7-3-5-13-4-1-2-6-16(13)17/h1-12,19H,(H,22,23,25). The van der Waals surface area contributed by atoms with Crippen LogP contribution in [-0.4, -0.2) is 20.2 Å². The van der Waals surface area contributed by atoms with Crippen molar-refractivity contribution in [3.8, 4) is 0 Å². The number of nitrogens with one attached hydrogen (secondary N) is 1. The molecule has 2 heterocycles. The number of hydrogen-bond acceptors (Lipinski definition) is 4. The molecule has 0 amide bonds. The molecule has 0 saturated heterocycles. The third kappa shape index (κ3) is 2.35. The Bertz CT molecular complexity index is 1130. The van der Waals surface area contributed by atoms with E-state index >= 15 is 0 Å². The van der Waals surface area contributed by atoms with Gasteiger partial charge in [0.25, 0.3) is 0 Å². The van der Waals surface area contributed by atoms with Crippen molar-refractivity contribution >= 4 is 22.4 Å². The Balaban J connectivity index is 1.70. The first kappa shape index (κ1) is 14.8. The average Bonchev–Trinajstić information content (AvgIpc) is 3.16. The van der Waals surface area contributed by atoms with Crippen LogP contribution in [0.4, 0.5) is 10.3 Å². The van der Waals surface area contributed by atoms with E-state index in [9.17, 15) is 4.39 Å². The van der Waals surface area contributed by atoms with E-state index in [-0.39, 0.29) is 11.9 Å². The zero-order valence-corrected chi connectivity index (χ0v) is 13.7. The fourth-order valence-corrected chi connectivity index (χ4v) is 3.38. The van der Waals surface area contributed by atoms with Crippen molar-refractivity contribution in [3.05, 3.63) is 89.8 Å². The van der Waals surface area contributed by atoms with Gasteiger partial charge in [-0.15, -0.1) is 0 Å². The van der Waals surface area contributed by atoms with Crippen molar-refractivity contribution in [1.29, 1.82) is 0 Å². The lowest BCUT2D eigenvalue weighted by Gasteiger charge is -2.24. The van der Waals surface area contributed by atoms with E-state index in [0.717, 1.165) is 27.6 Å². The number of halogens is 1. The van der Waals surface area contributed by atoms with Gasteiger partial charge in [-0.3, -0.25) is 0 Å². The topological polar surface area (TPSA) is 55.6 Å². The third-order valence-electron chi connectivity index (χ3n) is 4.62. The normalized spacial score (nSPS) is 16.0. The highest BCUT2D eigenvalue weighted by atomic mass is 19.1. The highest BCUT2D eigenvalue weighted by Crippen LogP contribution is 2.34. The van der Waals surface area contributed by atoms with Crippen LogP contribution in [0.5, 0.6) is 0 Å². The van der Waals surface area contributed by atoms with Gasteiger partial charge in [0.15, 0.2) is 0 Å². The van der Waals surface area contributed by atoms with Crippen LogP contribution in [0.2, 0.25) is 0 Å². The van der Waals surface area contributed by atoms with Crippen molar-refractivity contribution in [3.63, 3.8) is 0 Å². The fraction of sp³-hybridized carbons (Fsp3) is 0.0500. The summed E-state index contributed by atoms with van der Waals surface area (Å²) in [7, 11) is 0. The van der Waals surface area contributed by atoms with Gasteiger partial charge >= 0.3 is 0 Å². The Kier molecular flexibility index (Phi) is 3.28. The van der Waals surface area contributed by atoms with Crippen molar-refractivity contribution in [2.24, 2.45) is 0 Å². The van der Waals surface area contributed by atoms with Crippen LogP contribution < -0.4 is 5.32 Å². The number of tetrazole rings is 1. The SMILES string of the molecule is Fc1ccc(C2=CC(c3cccc4ccccc34)n3nnnc3N2)cc1. The first-order valence-corrected chi connectivity index (χ1v) is 8.30. The predicted molar refractivity (Wildman–Crippen MR) is 97.9 cm³/mol.